The van der Waals surface area contributed by atoms with Gasteiger partial charge in [0.2, 0.25) is 11.8 Å². The van der Waals surface area contributed by atoms with Gasteiger partial charge in [-0.1, -0.05) is 11.6 Å². The summed E-state index contributed by atoms with van der Waals surface area (Å²) in [6, 6.07) is 5.69. The van der Waals surface area contributed by atoms with E-state index in [-0.39, 0.29) is 28.4 Å². The molecule has 0 aliphatic carbocycles. The highest BCUT2D eigenvalue weighted by molar-refractivity contribution is 6.30. The predicted molar refractivity (Wildman–Crippen MR) is 95.5 cm³/mol. The quantitative estimate of drug-likeness (QED) is 0.595. The third-order valence-electron chi connectivity index (χ3n) is 3.43. The zero-order valence-electron chi connectivity index (χ0n) is 14.4. The zero-order chi connectivity index (χ0) is 19.3. The molecule has 7 nitrogen and oxygen atoms in total. The Morgan fingerprint density at radius 2 is 2.19 bits per heavy atom. The fourth-order valence-electron chi connectivity index (χ4n) is 2.22. The monoisotopic (exact) mass is 380 g/mol. The van der Waals surface area contributed by atoms with Crippen molar-refractivity contribution in [2.75, 3.05) is 14.2 Å². The van der Waals surface area contributed by atoms with Gasteiger partial charge in [-0.3, -0.25) is 10.2 Å². The fraction of sp³-hybridized carbons (Fsp3) is 0.235. The zero-order valence-corrected chi connectivity index (χ0v) is 15.2. The molecule has 2 aromatic rings. The molecular weight excluding hydrogens is 363 g/mol. The number of methoxy groups -OCH3 is 1. The number of hydrogen-bond donors (Lipinski definition) is 2. The highest BCUT2D eigenvalue weighted by Gasteiger charge is 2.19. The average Bonchev–Trinajstić information content (AvgIpc) is 3.03. The van der Waals surface area contributed by atoms with Crippen LogP contribution in [-0.2, 0) is 9.53 Å². The van der Waals surface area contributed by atoms with Gasteiger partial charge in [-0.25, -0.2) is 9.07 Å². The second kappa shape index (κ2) is 8.59. The van der Waals surface area contributed by atoms with E-state index in [9.17, 15) is 9.18 Å². The van der Waals surface area contributed by atoms with Crippen molar-refractivity contribution in [2.24, 2.45) is 0 Å². The first-order chi connectivity index (χ1) is 12.3. The van der Waals surface area contributed by atoms with Crippen LogP contribution < -0.4 is 10.1 Å². The van der Waals surface area contributed by atoms with Crippen LogP contribution in [0.3, 0.4) is 0 Å². The van der Waals surface area contributed by atoms with Crippen LogP contribution in [0.2, 0.25) is 5.02 Å². The molecule has 0 saturated heterocycles. The summed E-state index contributed by atoms with van der Waals surface area (Å²) in [7, 11) is 2.88. The lowest BCUT2D eigenvalue weighted by Crippen LogP contribution is -2.34. The minimum Gasteiger partial charge on any atom is -0.420 e. The van der Waals surface area contributed by atoms with Gasteiger partial charge in [0.15, 0.2) is 6.10 Å². The molecule has 26 heavy (non-hydrogen) atoms. The SMILES string of the molecule is CNC(=O)C(OC)/C(C)=C\C(=N)Oc1ccn(-c2ccc(Cl)cc2F)n1. The standard InChI is InChI=1S/C17H18ClFN4O3/c1-10(16(25-3)17(24)21-2)8-14(20)26-15-6-7-23(22-15)13-5-4-11(18)9-12(13)19/h4-9,16,20H,1-3H3,(H,21,24)/b10-8-,20-14?. The molecule has 2 N–H and O–H groups in total. The summed E-state index contributed by atoms with van der Waals surface area (Å²) >= 11 is 5.73. The molecule has 0 bridgehead atoms. The molecular formula is C17H18ClFN4O3. The summed E-state index contributed by atoms with van der Waals surface area (Å²) in [4.78, 5) is 11.7. The summed E-state index contributed by atoms with van der Waals surface area (Å²) in [6.07, 6.45) is 2.02. The number of rotatable bonds is 6. The number of ether oxygens (including phenoxy) is 2. The van der Waals surface area contributed by atoms with Crippen molar-refractivity contribution in [2.45, 2.75) is 13.0 Å². The number of benzene rings is 1. The number of hydrogen-bond acceptors (Lipinski definition) is 5. The van der Waals surface area contributed by atoms with Gasteiger partial charge in [0.1, 0.15) is 11.5 Å². The number of likely N-dealkylation sites (N-methyl/N-ethyl adjacent to an activating group) is 1. The van der Waals surface area contributed by atoms with Crippen molar-refractivity contribution < 1.29 is 18.7 Å². The number of aromatic nitrogens is 2. The van der Waals surface area contributed by atoms with Crippen LogP contribution in [0.25, 0.3) is 5.69 Å². The van der Waals surface area contributed by atoms with E-state index in [0.29, 0.717) is 5.57 Å². The van der Waals surface area contributed by atoms with Gasteiger partial charge in [-0.05, 0) is 30.7 Å². The first kappa shape index (κ1) is 19.6. The summed E-state index contributed by atoms with van der Waals surface area (Å²) in [6.45, 7) is 1.64. The molecule has 0 radical (unpaired) electrons. The van der Waals surface area contributed by atoms with Crippen molar-refractivity contribution in [3.8, 4) is 11.6 Å². The van der Waals surface area contributed by atoms with Crippen LogP contribution in [0.5, 0.6) is 5.88 Å². The Hall–Kier alpha value is -2.71. The van der Waals surface area contributed by atoms with E-state index in [1.165, 1.54) is 49.3 Å². The van der Waals surface area contributed by atoms with Crippen molar-refractivity contribution in [3.63, 3.8) is 0 Å². The lowest BCUT2D eigenvalue weighted by atomic mass is 10.1. The molecule has 1 unspecified atom stereocenters. The minimum atomic E-state index is -0.829. The van der Waals surface area contributed by atoms with E-state index in [2.05, 4.69) is 10.4 Å². The summed E-state index contributed by atoms with van der Waals surface area (Å²) in [5, 5.41) is 14.7. The van der Waals surface area contributed by atoms with E-state index in [1.807, 2.05) is 0 Å². The Labute approximate surface area is 154 Å². The maximum atomic E-state index is 13.9. The minimum absolute atomic E-state index is 0.0994. The van der Waals surface area contributed by atoms with Gasteiger partial charge in [-0.2, -0.15) is 0 Å². The molecule has 1 atom stereocenters. The fourth-order valence-corrected chi connectivity index (χ4v) is 2.38. The Morgan fingerprint density at radius 1 is 1.46 bits per heavy atom. The van der Waals surface area contributed by atoms with E-state index in [1.54, 1.807) is 13.0 Å². The molecule has 0 aliphatic rings. The Bertz CT molecular complexity index is 850. The largest absolute Gasteiger partial charge is 0.420 e. The smallest absolute Gasteiger partial charge is 0.253 e. The van der Waals surface area contributed by atoms with Gasteiger partial charge in [0.05, 0.1) is 0 Å². The predicted octanol–water partition coefficient (Wildman–Crippen LogP) is 2.73. The second-order valence-corrected chi connectivity index (χ2v) is 5.72. The van der Waals surface area contributed by atoms with Crippen LogP contribution in [0, 0.1) is 11.2 Å². The number of amides is 1. The molecule has 0 spiro atoms. The van der Waals surface area contributed by atoms with Gasteiger partial charge in [0.25, 0.3) is 5.91 Å². The maximum absolute atomic E-state index is 13.9. The molecule has 0 saturated carbocycles. The van der Waals surface area contributed by atoms with Crippen LogP contribution in [0.1, 0.15) is 6.92 Å². The van der Waals surface area contributed by atoms with E-state index in [4.69, 9.17) is 26.5 Å². The lowest BCUT2D eigenvalue weighted by molar-refractivity contribution is -0.128. The molecule has 0 fully saturated rings. The third-order valence-corrected chi connectivity index (χ3v) is 3.66. The maximum Gasteiger partial charge on any atom is 0.253 e. The molecule has 138 valence electrons. The Balaban J connectivity index is 2.12. The number of halogens is 2. The van der Waals surface area contributed by atoms with Gasteiger partial charge >= 0.3 is 0 Å². The van der Waals surface area contributed by atoms with E-state index in [0.717, 1.165) is 0 Å². The molecule has 1 amide bonds. The molecule has 1 aromatic carbocycles. The summed E-state index contributed by atoms with van der Waals surface area (Å²) in [5.74, 6) is -1.01. The normalized spacial score (nSPS) is 12.6. The highest BCUT2D eigenvalue weighted by atomic mass is 35.5. The lowest BCUT2D eigenvalue weighted by Gasteiger charge is -2.14. The molecule has 1 aromatic heterocycles. The molecule has 1 heterocycles. The van der Waals surface area contributed by atoms with Crippen molar-refractivity contribution in [1.82, 2.24) is 15.1 Å². The molecule has 9 heteroatoms. The van der Waals surface area contributed by atoms with E-state index < -0.39 is 11.9 Å². The summed E-state index contributed by atoms with van der Waals surface area (Å²) in [5.41, 5.74) is 0.682. The van der Waals surface area contributed by atoms with Crippen molar-refractivity contribution in [1.29, 1.82) is 5.41 Å². The number of carbonyl (C=O) groups excluding carboxylic acids is 1. The first-order valence-electron chi connectivity index (χ1n) is 7.55. The van der Waals surface area contributed by atoms with Crippen LogP contribution >= 0.6 is 11.6 Å². The Morgan fingerprint density at radius 3 is 2.81 bits per heavy atom. The van der Waals surface area contributed by atoms with Crippen molar-refractivity contribution in [3.05, 3.63) is 53.0 Å². The highest BCUT2D eigenvalue weighted by Crippen LogP contribution is 2.19. The van der Waals surface area contributed by atoms with Crippen LogP contribution in [0.4, 0.5) is 4.39 Å². The van der Waals surface area contributed by atoms with E-state index >= 15 is 0 Å². The molecule has 0 aliphatic heterocycles. The van der Waals surface area contributed by atoms with Gasteiger partial charge in [-0.15, -0.1) is 5.10 Å². The van der Waals surface area contributed by atoms with Crippen LogP contribution in [0.15, 0.2) is 42.1 Å². The molecule has 2 rings (SSSR count). The van der Waals surface area contributed by atoms with Crippen LogP contribution in [-0.4, -0.2) is 41.8 Å². The second-order valence-electron chi connectivity index (χ2n) is 5.28. The topological polar surface area (TPSA) is 89.2 Å². The van der Waals surface area contributed by atoms with Gasteiger partial charge < -0.3 is 14.8 Å². The third kappa shape index (κ3) is 4.68. The Kier molecular flexibility index (Phi) is 6.48. The van der Waals surface area contributed by atoms with Gasteiger partial charge in [0, 0.05) is 37.5 Å². The number of nitrogens with one attached hydrogen (secondary N) is 2. The average molecular weight is 381 g/mol. The number of nitrogens with zero attached hydrogens (tertiary/aromatic N) is 2. The summed E-state index contributed by atoms with van der Waals surface area (Å²) < 4.78 is 25.6. The van der Waals surface area contributed by atoms with Crippen molar-refractivity contribution >= 4 is 23.4 Å². The first-order valence-corrected chi connectivity index (χ1v) is 7.93. The number of carbonyl (C=O) groups is 1.